The zero-order chi connectivity index (χ0) is 87.6. The predicted octanol–water partition coefficient (Wildman–Crippen LogP) is 4.07. The van der Waals surface area contributed by atoms with Crippen LogP contribution in [0.1, 0.15) is 73.3 Å². The number of rotatable bonds is 34. The van der Waals surface area contributed by atoms with E-state index in [0.717, 1.165) is 36.8 Å². The standard InChI is InChI=1S/2C32H26Br3NO11S.4C3H7NO.2Tb/c2*1-18-2-7-22(8-3-18)48(43,44)36-32(15-45-26-9-4-19(33)12-23(26)29(37)38,16-46-27-10-5-20(34)13-24(27)30(39)40)17-47-28-11-6-21(35)14-25(28)31(41)42;4*1-4(2)3-5;;/h2*2-14,36H,15-17H2,1H3,(H,37,38)(H,39,40)(H,41,42);4*3H,1-2H3;;/q;;;;;;2*+3/p-6. The number of carbonyl (C=O) groups is 10. The number of ether oxygens (including phenoxy) is 6. The number of aromatic carboxylic acids is 6. The summed E-state index contributed by atoms with van der Waals surface area (Å²) in [5, 5.41) is 71.5. The molecule has 0 aromatic heterocycles. The number of carboxylic acids is 6. The molecule has 0 spiro atoms. The number of hydrogen-bond donors (Lipinski definition) is 2. The molecule has 32 nitrogen and oxygen atoms in total. The first-order chi connectivity index (χ1) is 54.3. The van der Waals surface area contributed by atoms with Gasteiger partial charge in [0, 0.05) is 117 Å². The minimum Gasteiger partial charge on any atom is -0.545 e. The van der Waals surface area contributed by atoms with E-state index < -0.39 is 107 Å². The molecule has 2 N–H and O–H groups in total. The summed E-state index contributed by atoms with van der Waals surface area (Å²) in [5.74, 6) is -10.8. The zero-order valence-electron chi connectivity index (χ0n) is 63.7. The molecule has 8 aromatic carbocycles. The topological polar surface area (TPSA) is 470 Å². The molecule has 8 rings (SSSR count). The normalized spacial score (nSPS) is 10.5. The Kier molecular flexibility index (Phi) is 48.4. The second-order valence-corrected chi connectivity index (χ2v) is 33.8. The molecule has 0 heterocycles. The molecule has 0 unspecified atom stereocenters. The number of carbonyl (C=O) groups excluding carboxylic acids is 10. The number of benzene rings is 8. The Labute approximate surface area is 792 Å². The van der Waals surface area contributed by atoms with Gasteiger partial charge in [0.15, 0.2) is 0 Å². The first-order valence-corrected chi connectivity index (χ1v) is 40.5. The van der Waals surface area contributed by atoms with Crippen LogP contribution < -0.4 is 68.5 Å². The van der Waals surface area contributed by atoms with Gasteiger partial charge in [0.2, 0.25) is 45.7 Å². The minimum absolute atomic E-state index is 0. The molecule has 0 fully saturated rings. The third-order valence-electron chi connectivity index (χ3n) is 14.2. The van der Waals surface area contributed by atoms with Gasteiger partial charge in [0.1, 0.15) is 85.2 Å². The zero-order valence-corrected chi connectivity index (χ0v) is 79.1. The Morgan fingerprint density at radius 2 is 0.458 bits per heavy atom. The van der Waals surface area contributed by atoms with Crippen LogP contribution in [0.2, 0.25) is 0 Å². The number of aryl methyl sites for hydroxylation is 2. The first kappa shape index (κ1) is 109. The molecular formula is C76H74Br6N6O26S2Tb2. The molecule has 0 radical (unpaired) electrons. The molecule has 0 aliphatic carbocycles. The van der Waals surface area contributed by atoms with E-state index in [1.807, 2.05) is 0 Å². The molecule has 0 bridgehead atoms. The van der Waals surface area contributed by atoms with E-state index in [2.05, 4.69) is 105 Å². The maximum Gasteiger partial charge on any atom is 3.00 e. The Morgan fingerprint density at radius 3 is 0.585 bits per heavy atom. The van der Waals surface area contributed by atoms with Crippen molar-refractivity contribution in [2.24, 2.45) is 0 Å². The molecule has 4 amide bonds. The summed E-state index contributed by atoms with van der Waals surface area (Å²) in [6, 6.07) is 35.7. The summed E-state index contributed by atoms with van der Waals surface area (Å²) in [4.78, 5) is 115. The van der Waals surface area contributed by atoms with Crippen molar-refractivity contribution in [1.82, 2.24) is 29.0 Å². The van der Waals surface area contributed by atoms with Gasteiger partial charge in [-0.2, -0.15) is 9.44 Å². The Morgan fingerprint density at radius 1 is 0.314 bits per heavy atom. The van der Waals surface area contributed by atoms with E-state index in [1.165, 1.54) is 153 Å². The third kappa shape index (κ3) is 37.7. The Bertz CT molecular complexity index is 4340. The molecule has 118 heavy (non-hydrogen) atoms. The summed E-state index contributed by atoms with van der Waals surface area (Å²) >= 11 is 19.1. The van der Waals surface area contributed by atoms with Crippen molar-refractivity contribution in [3.05, 3.63) is 229 Å². The average molecular weight is 2350 g/mol. The van der Waals surface area contributed by atoms with Gasteiger partial charge < -0.3 is 107 Å². The smallest absolute Gasteiger partial charge is 0.545 e. The van der Waals surface area contributed by atoms with Gasteiger partial charge in [-0.1, -0.05) is 131 Å². The maximum absolute atomic E-state index is 13.8. The third-order valence-corrected chi connectivity index (χ3v) is 20.3. The monoisotopic (exact) mass is 2340 g/mol. The molecule has 636 valence electrons. The van der Waals surface area contributed by atoms with Crippen molar-refractivity contribution in [1.29, 1.82) is 0 Å². The van der Waals surface area contributed by atoms with Crippen LogP contribution in [0.3, 0.4) is 0 Å². The van der Waals surface area contributed by atoms with Crippen LogP contribution in [0.5, 0.6) is 34.5 Å². The van der Waals surface area contributed by atoms with Crippen molar-refractivity contribution in [2.75, 3.05) is 96.0 Å². The van der Waals surface area contributed by atoms with Gasteiger partial charge in [-0.05, 0) is 147 Å². The van der Waals surface area contributed by atoms with Crippen molar-refractivity contribution in [3.63, 3.8) is 0 Å². The summed E-state index contributed by atoms with van der Waals surface area (Å²) in [6.45, 7) is -0.595. The van der Waals surface area contributed by atoms with Gasteiger partial charge in [0.05, 0.1) is 45.6 Å². The fraction of sp³-hybridized carbons (Fsp3) is 0.237. The fourth-order valence-electron chi connectivity index (χ4n) is 8.57. The van der Waals surface area contributed by atoms with Gasteiger partial charge in [-0.3, -0.25) is 19.2 Å². The van der Waals surface area contributed by atoms with Crippen molar-refractivity contribution < 1.29 is 201 Å². The molecule has 0 saturated carbocycles. The second-order valence-electron chi connectivity index (χ2n) is 25.0. The van der Waals surface area contributed by atoms with E-state index >= 15 is 0 Å². The summed E-state index contributed by atoms with van der Waals surface area (Å²) in [5.41, 5.74) is -4.71. The van der Waals surface area contributed by atoms with Crippen LogP contribution in [0.15, 0.2) is 194 Å². The number of nitrogens with one attached hydrogen (secondary N) is 2. The van der Waals surface area contributed by atoms with Gasteiger partial charge >= 0.3 is 77.2 Å². The molecular weight excluding hydrogens is 2270 g/mol. The number of hydrogen-bond acceptors (Lipinski definition) is 26. The van der Waals surface area contributed by atoms with Crippen LogP contribution in [-0.4, -0.2) is 205 Å². The van der Waals surface area contributed by atoms with E-state index in [-0.39, 0.29) is 155 Å². The number of nitrogens with zero attached hydrogens (tertiary/aromatic N) is 4. The van der Waals surface area contributed by atoms with Gasteiger partial charge in [0.25, 0.3) is 0 Å². The summed E-state index contributed by atoms with van der Waals surface area (Å²) in [7, 11) is 4.61. The second kappa shape index (κ2) is 52.7. The van der Waals surface area contributed by atoms with E-state index in [1.54, 1.807) is 94.5 Å². The quantitative estimate of drug-likeness (QED) is 0.0537. The van der Waals surface area contributed by atoms with Crippen molar-refractivity contribution in [3.8, 4) is 34.5 Å². The number of carboxylic acid groups (broad SMARTS) is 6. The van der Waals surface area contributed by atoms with Crippen LogP contribution in [-0.2, 0) is 39.2 Å². The molecule has 0 aliphatic rings. The van der Waals surface area contributed by atoms with Crippen LogP contribution >= 0.6 is 95.6 Å². The number of amides is 4. The molecule has 42 heteroatoms. The Balaban J connectivity index is 0.000000943. The van der Waals surface area contributed by atoms with Gasteiger partial charge in [-0.15, -0.1) is 0 Å². The maximum atomic E-state index is 13.8. The Hall–Kier alpha value is -7.47. The molecule has 0 aliphatic heterocycles. The van der Waals surface area contributed by atoms with E-state index in [9.17, 15) is 95.4 Å². The number of halogens is 6. The summed E-state index contributed by atoms with van der Waals surface area (Å²) < 4.78 is 98.1. The number of sulfonamides is 2. The SMILES string of the molecule is CN(C)C=O.CN(C)C=O.CN(C)C=O.CN(C)C=O.Cc1ccc(S(=O)(=O)NC(COc2ccc(Br)cc2C(=O)[O-])(COc2ccc(Br)cc2C(=O)[O-])COc2ccc(Br)cc2C(=O)[O-])cc1.Cc1ccc(S(=O)(=O)NC(COc2ccc(Br)cc2C(=O)[O-])(COc2ccc(Br)cc2C(=O)[O-])COc2ccc(Br)cc2C(=O)[O-])cc1.[Tb+3].[Tb+3]. The van der Waals surface area contributed by atoms with E-state index in [4.69, 9.17) is 28.4 Å². The van der Waals surface area contributed by atoms with Gasteiger partial charge in [-0.25, -0.2) is 16.8 Å². The summed E-state index contributed by atoms with van der Waals surface area (Å²) in [6.07, 6.45) is 3.00. The molecule has 0 saturated heterocycles. The van der Waals surface area contributed by atoms with Crippen molar-refractivity contribution >= 4 is 177 Å². The van der Waals surface area contributed by atoms with Crippen molar-refractivity contribution in [2.45, 2.75) is 34.7 Å². The average Bonchev–Trinajstić information content (AvgIpc) is 0.791. The van der Waals surface area contributed by atoms with Crippen LogP contribution in [0.4, 0.5) is 0 Å². The largest absolute Gasteiger partial charge is 3.00 e. The van der Waals surface area contributed by atoms with Crippen LogP contribution in [0.25, 0.3) is 0 Å². The molecule has 0 atom stereocenters. The predicted molar refractivity (Wildman–Crippen MR) is 431 cm³/mol. The fourth-order valence-corrected chi connectivity index (χ4v) is 13.5. The first-order valence-electron chi connectivity index (χ1n) is 32.8. The van der Waals surface area contributed by atoms with Crippen LogP contribution in [0, 0.1) is 91.1 Å². The minimum atomic E-state index is -4.45. The van der Waals surface area contributed by atoms with E-state index in [0.29, 0.717) is 26.8 Å². The molecule has 8 aromatic rings.